The highest BCUT2D eigenvalue weighted by Gasteiger charge is 2.26. The zero-order valence-corrected chi connectivity index (χ0v) is 16.7. The number of piperidine rings is 1. The minimum absolute atomic E-state index is 0.0491. The van der Waals surface area contributed by atoms with Gasteiger partial charge in [0.05, 0.1) is 5.56 Å². The first-order valence-electron chi connectivity index (χ1n) is 10.1. The van der Waals surface area contributed by atoms with E-state index in [1.54, 1.807) is 23.3 Å². The molecule has 1 aromatic carbocycles. The molecule has 1 fully saturated rings. The molecule has 1 amide bonds. The lowest BCUT2D eigenvalue weighted by atomic mass is 10.0. The minimum atomic E-state index is 0.0491. The Kier molecular flexibility index (Phi) is 5.95. The normalized spacial score (nSPS) is 15.0. The number of hydrogen-bond donors (Lipinski definition) is 0. The zero-order chi connectivity index (χ0) is 20.1. The van der Waals surface area contributed by atoms with Gasteiger partial charge in [-0.25, -0.2) is 14.6 Å². The van der Waals surface area contributed by atoms with Gasteiger partial charge in [0.2, 0.25) is 0 Å². The fraction of sp³-hybridized carbons (Fsp3) is 0.364. The lowest BCUT2D eigenvalue weighted by Gasteiger charge is -2.36. The van der Waals surface area contributed by atoms with Crippen LogP contribution in [0, 0.1) is 0 Å². The lowest BCUT2D eigenvalue weighted by molar-refractivity contribution is 0.0646. The molecule has 0 N–H and O–H groups in total. The van der Waals surface area contributed by atoms with E-state index in [0.29, 0.717) is 17.4 Å². The SMILES string of the molecule is CN(CCc1ccccc1)C1CCN(C(=O)c2ccc(-n3cncn3)nc2)CC1. The van der Waals surface area contributed by atoms with Crippen LogP contribution in [0.25, 0.3) is 5.82 Å². The van der Waals surface area contributed by atoms with Gasteiger partial charge in [0, 0.05) is 31.9 Å². The molecule has 4 rings (SSSR count). The molecule has 1 aliphatic heterocycles. The molecule has 0 unspecified atom stereocenters. The molecule has 0 bridgehead atoms. The van der Waals surface area contributed by atoms with Crippen molar-refractivity contribution in [2.75, 3.05) is 26.7 Å². The number of pyridine rings is 1. The number of aromatic nitrogens is 4. The maximum atomic E-state index is 12.8. The molecule has 1 saturated heterocycles. The Labute approximate surface area is 171 Å². The summed E-state index contributed by atoms with van der Waals surface area (Å²) in [6.45, 7) is 2.60. The van der Waals surface area contributed by atoms with Crippen LogP contribution in [-0.2, 0) is 6.42 Å². The van der Waals surface area contributed by atoms with E-state index in [1.165, 1.54) is 11.9 Å². The van der Waals surface area contributed by atoms with Crippen LogP contribution in [0.5, 0.6) is 0 Å². The second-order valence-electron chi connectivity index (χ2n) is 7.48. The van der Waals surface area contributed by atoms with Crippen LogP contribution in [0.1, 0.15) is 28.8 Å². The average molecular weight is 390 g/mol. The van der Waals surface area contributed by atoms with E-state index in [2.05, 4.69) is 57.3 Å². The number of likely N-dealkylation sites (tertiary alicyclic amines) is 1. The number of rotatable bonds is 6. The minimum Gasteiger partial charge on any atom is -0.338 e. The molecule has 2 aromatic heterocycles. The van der Waals surface area contributed by atoms with Crippen LogP contribution in [0.3, 0.4) is 0 Å². The van der Waals surface area contributed by atoms with Gasteiger partial charge >= 0.3 is 0 Å². The predicted octanol–water partition coefficient (Wildman–Crippen LogP) is 2.44. The predicted molar refractivity (Wildman–Crippen MR) is 111 cm³/mol. The molecule has 150 valence electrons. The largest absolute Gasteiger partial charge is 0.338 e. The highest BCUT2D eigenvalue weighted by molar-refractivity contribution is 5.94. The van der Waals surface area contributed by atoms with E-state index in [-0.39, 0.29) is 5.91 Å². The monoisotopic (exact) mass is 390 g/mol. The van der Waals surface area contributed by atoms with Gasteiger partial charge in [-0.05, 0) is 44.0 Å². The molecule has 0 aliphatic carbocycles. The highest BCUT2D eigenvalue weighted by atomic mass is 16.2. The molecule has 29 heavy (non-hydrogen) atoms. The summed E-state index contributed by atoms with van der Waals surface area (Å²) >= 11 is 0. The van der Waals surface area contributed by atoms with Crippen LogP contribution in [0.15, 0.2) is 61.3 Å². The Morgan fingerprint density at radius 1 is 1.14 bits per heavy atom. The van der Waals surface area contributed by atoms with Crippen molar-refractivity contribution in [3.8, 4) is 5.82 Å². The third-order valence-electron chi connectivity index (χ3n) is 5.62. The molecule has 0 atom stereocenters. The molecule has 0 saturated carbocycles. The average Bonchev–Trinajstić information content (AvgIpc) is 3.33. The third kappa shape index (κ3) is 4.68. The van der Waals surface area contributed by atoms with Crippen LogP contribution in [0.2, 0.25) is 0 Å². The first-order chi connectivity index (χ1) is 14.2. The molecule has 3 aromatic rings. The molecular formula is C22H26N6O. The van der Waals surface area contributed by atoms with E-state index < -0.39 is 0 Å². The van der Waals surface area contributed by atoms with Gasteiger partial charge in [-0.2, -0.15) is 5.10 Å². The third-order valence-corrected chi connectivity index (χ3v) is 5.62. The molecule has 3 heterocycles. The standard InChI is InChI=1S/C22H26N6O/c1-26(12-9-18-5-3-2-4-6-18)20-10-13-27(14-11-20)22(29)19-7-8-21(24-15-19)28-17-23-16-25-28/h2-8,15-17,20H,9-14H2,1H3. The maximum Gasteiger partial charge on any atom is 0.255 e. The van der Waals surface area contributed by atoms with Crippen LogP contribution < -0.4 is 0 Å². The molecule has 7 heteroatoms. The van der Waals surface area contributed by atoms with E-state index in [4.69, 9.17) is 0 Å². The number of carbonyl (C=O) groups is 1. The fourth-order valence-electron chi connectivity index (χ4n) is 3.80. The maximum absolute atomic E-state index is 12.8. The summed E-state index contributed by atoms with van der Waals surface area (Å²) in [4.78, 5) is 25.4. The summed E-state index contributed by atoms with van der Waals surface area (Å²) in [5, 5.41) is 4.05. The van der Waals surface area contributed by atoms with Crippen molar-refractivity contribution in [1.82, 2.24) is 29.5 Å². The van der Waals surface area contributed by atoms with Crippen LogP contribution in [-0.4, -0.2) is 68.2 Å². The van der Waals surface area contributed by atoms with E-state index in [9.17, 15) is 4.79 Å². The Morgan fingerprint density at radius 3 is 2.59 bits per heavy atom. The Bertz CT molecular complexity index is 902. The van der Waals surface area contributed by atoms with Crippen molar-refractivity contribution in [2.45, 2.75) is 25.3 Å². The zero-order valence-electron chi connectivity index (χ0n) is 16.7. The van der Waals surface area contributed by atoms with Gasteiger partial charge < -0.3 is 9.80 Å². The number of hydrogen-bond acceptors (Lipinski definition) is 5. The lowest BCUT2D eigenvalue weighted by Crippen LogP contribution is -2.46. The number of likely N-dealkylation sites (N-methyl/N-ethyl adjacent to an activating group) is 1. The first kappa shape index (κ1) is 19.3. The van der Waals surface area contributed by atoms with E-state index >= 15 is 0 Å². The van der Waals surface area contributed by atoms with Crippen molar-refractivity contribution in [3.05, 3.63) is 72.4 Å². The second kappa shape index (κ2) is 8.96. The van der Waals surface area contributed by atoms with E-state index in [0.717, 1.165) is 38.9 Å². The molecular weight excluding hydrogens is 364 g/mol. The van der Waals surface area contributed by atoms with Crippen LogP contribution in [0.4, 0.5) is 0 Å². The Morgan fingerprint density at radius 2 is 1.93 bits per heavy atom. The molecule has 0 spiro atoms. The Hall–Kier alpha value is -3.06. The van der Waals surface area contributed by atoms with Crippen molar-refractivity contribution in [2.24, 2.45) is 0 Å². The number of amides is 1. The summed E-state index contributed by atoms with van der Waals surface area (Å²) in [6, 6.07) is 14.7. The van der Waals surface area contributed by atoms with Gasteiger partial charge in [-0.15, -0.1) is 0 Å². The molecule has 0 radical (unpaired) electrons. The van der Waals surface area contributed by atoms with Crippen LogP contribution >= 0.6 is 0 Å². The van der Waals surface area contributed by atoms with Crippen molar-refractivity contribution < 1.29 is 4.79 Å². The van der Waals surface area contributed by atoms with Crippen molar-refractivity contribution in [1.29, 1.82) is 0 Å². The van der Waals surface area contributed by atoms with Crippen molar-refractivity contribution >= 4 is 5.91 Å². The summed E-state index contributed by atoms with van der Waals surface area (Å²) in [5.74, 6) is 0.700. The smallest absolute Gasteiger partial charge is 0.255 e. The Balaban J connectivity index is 1.28. The van der Waals surface area contributed by atoms with Gasteiger partial charge in [0.1, 0.15) is 12.7 Å². The topological polar surface area (TPSA) is 67.2 Å². The van der Waals surface area contributed by atoms with Gasteiger partial charge in [0.15, 0.2) is 5.82 Å². The van der Waals surface area contributed by atoms with Gasteiger partial charge in [-0.1, -0.05) is 30.3 Å². The first-order valence-corrected chi connectivity index (χ1v) is 10.1. The molecule has 7 nitrogen and oxygen atoms in total. The fourth-order valence-corrected chi connectivity index (χ4v) is 3.80. The van der Waals surface area contributed by atoms with E-state index in [1.807, 2.05) is 11.0 Å². The second-order valence-corrected chi connectivity index (χ2v) is 7.48. The number of nitrogens with zero attached hydrogens (tertiary/aromatic N) is 6. The quantitative estimate of drug-likeness (QED) is 0.647. The number of benzene rings is 1. The molecule has 1 aliphatic rings. The highest BCUT2D eigenvalue weighted by Crippen LogP contribution is 2.18. The summed E-state index contributed by atoms with van der Waals surface area (Å²) in [6.07, 6.45) is 7.73. The van der Waals surface area contributed by atoms with Crippen molar-refractivity contribution in [3.63, 3.8) is 0 Å². The summed E-state index contributed by atoms with van der Waals surface area (Å²) in [7, 11) is 2.19. The summed E-state index contributed by atoms with van der Waals surface area (Å²) in [5.41, 5.74) is 1.98. The number of carbonyl (C=O) groups excluding carboxylic acids is 1. The summed E-state index contributed by atoms with van der Waals surface area (Å²) < 4.78 is 1.57. The van der Waals surface area contributed by atoms with Gasteiger partial charge in [-0.3, -0.25) is 4.79 Å². The van der Waals surface area contributed by atoms with Gasteiger partial charge in [0.25, 0.3) is 5.91 Å².